The van der Waals surface area contributed by atoms with Crippen molar-refractivity contribution in [1.82, 2.24) is 18.7 Å². The first-order valence-corrected chi connectivity index (χ1v) is 13.8. The Morgan fingerprint density at radius 3 is 2.45 bits per heavy atom. The third-order valence-electron chi connectivity index (χ3n) is 6.75. The summed E-state index contributed by atoms with van der Waals surface area (Å²) in [4.78, 5) is 43.1. The van der Waals surface area contributed by atoms with Gasteiger partial charge in [0, 0.05) is 29.8 Å². The standard InChI is InChI=1S/C31H24Cl2N6O5/c1-37-27-26(29(41)38(2)31(37)42)39(17-19-10-11-21(32)15-23(19)33)30(36-27)44-24-12-9-18(14-25(24)43-3)13-20(16-34)28(40)35-22-7-5-4-6-8-22/h4-15H,17H2,1-3H3,(H,35,40)/b20-13-. The Labute approximate surface area is 260 Å². The fourth-order valence-corrected chi connectivity index (χ4v) is 4.93. The number of nitrogens with one attached hydrogen (secondary N) is 1. The molecule has 0 aliphatic heterocycles. The van der Waals surface area contributed by atoms with Gasteiger partial charge < -0.3 is 14.8 Å². The van der Waals surface area contributed by atoms with Crippen LogP contribution in [-0.4, -0.2) is 31.7 Å². The summed E-state index contributed by atoms with van der Waals surface area (Å²) in [5, 5.41) is 13.1. The van der Waals surface area contributed by atoms with Crippen LogP contribution in [0.3, 0.4) is 0 Å². The number of imidazole rings is 1. The van der Waals surface area contributed by atoms with E-state index in [9.17, 15) is 19.6 Å². The van der Waals surface area contributed by atoms with Gasteiger partial charge in [-0.15, -0.1) is 0 Å². The zero-order valence-electron chi connectivity index (χ0n) is 23.7. The maximum absolute atomic E-state index is 13.3. The Balaban J connectivity index is 1.55. The fourth-order valence-electron chi connectivity index (χ4n) is 4.46. The number of hydrogen-bond donors (Lipinski definition) is 1. The Morgan fingerprint density at radius 2 is 1.77 bits per heavy atom. The number of anilines is 1. The van der Waals surface area contributed by atoms with Crippen molar-refractivity contribution < 1.29 is 14.3 Å². The Kier molecular flexibility index (Phi) is 8.57. The monoisotopic (exact) mass is 630 g/mol. The van der Waals surface area contributed by atoms with Crippen LogP contribution in [0, 0.1) is 11.3 Å². The minimum absolute atomic E-state index is 0.00846. The second-order valence-corrected chi connectivity index (χ2v) is 10.4. The molecule has 5 aromatic rings. The number of carbonyl (C=O) groups excluding carboxylic acids is 1. The number of nitriles is 1. The van der Waals surface area contributed by atoms with E-state index < -0.39 is 17.2 Å². The number of nitrogens with zero attached hydrogens (tertiary/aromatic N) is 5. The van der Waals surface area contributed by atoms with E-state index in [2.05, 4.69) is 10.3 Å². The molecule has 0 aliphatic carbocycles. The predicted molar refractivity (Wildman–Crippen MR) is 168 cm³/mol. The molecule has 0 unspecified atom stereocenters. The number of hydrogen-bond acceptors (Lipinski definition) is 7. The number of ether oxygens (including phenoxy) is 2. The van der Waals surface area contributed by atoms with Crippen LogP contribution in [0.25, 0.3) is 17.2 Å². The summed E-state index contributed by atoms with van der Waals surface area (Å²) in [5.41, 5.74) is 0.658. The SMILES string of the molecule is COc1cc(/C=C(/C#N)C(=O)Nc2ccccc2)ccc1Oc1nc2c(c(=O)n(C)c(=O)n2C)n1Cc1ccc(Cl)cc1Cl. The number of rotatable bonds is 8. The van der Waals surface area contributed by atoms with Crippen molar-refractivity contribution >= 4 is 52.0 Å². The van der Waals surface area contributed by atoms with Gasteiger partial charge >= 0.3 is 11.7 Å². The number of para-hydroxylation sites is 1. The summed E-state index contributed by atoms with van der Waals surface area (Å²) in [6.07, 6.45) is 1.42. The van der Waals surface area contributed by atoms with Crippen molar-refractivity contribution in [2.75, 3.05) is 12.4 Å². The molecule has 2 aromatic heterocycles. The minimum atomic E-state index is -0.570. The zero-order chi connectivity index (χ0) is 31.5. The molecule has 1 amide bonds. The van der Waals surface area contributed by atoms with E-state index in [4.69, 9.17) is 32.7 Å². The summed E-state index contributed by atoms with van der Waals surface area (Å²) < 4.78 is 15.5. The van der Waals surface area contributed by atoms with Crippen LogP contribution in [0.1, 0.15) is 11.1 Å². The first-order valence-electron chi connectivity index (χ1n) is 13.1. The molecule has 0 fully saturated rings. The highest BCUT2D eigenvalue weighted by atomic mass is 35.5. The Morgan fingerprint density at radius 1 is 1.02 bits per heavy atom. The lowest BCUT2D eigenvalue weighted by atomic mass is 10.1. The van der Waals surface area contributed by atoms with Gasteiger partial charge in [0.2, 0.25) is 0 Å². The van der Waals surface area contributed by atoms with E-state index in [1.165, 1.54) is 36.4 Å². The molecule has 0 saturated carbocycles. The van der Waals surface area contributed by atoms with E-state index in [0.717, 1.165) is 4.57 Å². The van der Waals surface area contributed by atoms with E-state index in [-0.39, 0.29) is 40.8 Å². The molecule has 5 rings (SSSR count). The molecule has 0 bridgehead atoms. The number of benzene rings is 3. The number of carbonyl (C=O) groups is 1. The maximum atomic E-state index is 13.3. The largest absolute Gasteiger partial charge is 0.493 e. The number of amides is 1. The molecule has 0 spiro atoms. The Bertz CT molecular complexity index is 2110. The normalized spacial score (nSPS) is 11.3. The summed E-state index contributed by atoms with van der Waals surface area (Å²) in [6.45, 7) is 0.0699. The molecule has 222 valence electrons. The fraction of sp³-hybridized carbons (Fsp3) is 0.129. The van der Waals surface area contributed by atoms with Gasteiger partial charge in [0.25, 0.3) is 11.5 Å². The van der Waals surface area contributed by atoms with Crippen molar-refractivity contribution in [1.29, 1.82) is 5.26 Å². The van der Waals surface area contributed by atoms with Crippen LogP contribution < -0.4 is 26.0 Å². The zero-order valence-corrected chi connectivity index (χ0v) is 25.2. The summed E-state index contributed by atoms with van der Waals surface area (Å²) >= 11 is 12.5. The van der Waals surface area contributed by atoms with Gasteiger partial charge in [0.1, 0.15) is 11.6 Å². The second-order valence-electron chi connectivity index (χ2n) is 9.60. The lowest BCUT2D eigenvalue weighted by Gasteiger charge is -2.13. The third-order valence-corrected chi connectivity index (χ3v) is 7.34. The van der Waals surface area contributed by atoms with Gasteiger partial charge in [-0.25, -0.2) is 4.79 Å². The average Bonchev–Trinajstić information content (AvgIpc) is 3.37. The maximum Gasteiger partial charge on any atom is 0.332 e. The van der Waals surface area contributed by atoms with Crippen molar-refractivity contribution in [2.45, 2.75) is 6.54 Å². The van der Waals surface area contributed by atoms with Crippen LogP contribution in [0.4, 0.5) is 5.69 Å². The first kappa shape index (κ1) is 30.2. The lowest BCUT2D eigenvalue weighted by Crippen LogP contribution is -2.37. The molecule has 2 heterocycles. The van der Waals surface area contributed by atoms with Crippen LogP contribution in [0.5, 0.6) is 17.5 Å². The van der Waals surface area contributed by atoms with Gasteiger partial charge in [0.15, 0.2) is 22.7 Å². The van der Waals surface area contributed by atoms with Crippen molar-refractivity contribution in [2.24, 2.45) is 14.1 Å². The van der Waals surface area contributed by atoms with Gasteiger partial charge in [-0.1, -0.05) is 53.5 Å². The van der Waals surface area contributed by atoms with Crippen molar-refractivity contribution in [3.63, 3.8) is 0 Å². The van der Waals surface area contributed by atoms with Crippen molar-refractivity contribution in [3.05, 3.63) is 114 Å². The van der Waals surface area contributed by atoms with Gasteiger partial charge in [-0.2, -0.15) is 10.2 Å². The number of aryl methyl sites for hydroxylation is 1. The van der Waals surface area contributed by atoms with Crippen molar-refractivity contribution in [3.8, 4) is 23.6 Å². The van der Waals surface area contributed by atoms with E-state index in [1.54, 1.807) is 60.7 Å². The van der Waals surface area contributed by atoms with Crippen LogP contribution in [-0.2, 0) is 25.4 Å². The number of aromatic nitrogens is 4. The molecule has 13 heteroatoms. The van der Waals surface area contributed by atoms with Gasteiger partial charge in [-0.05, 0) is 53.6 Å². The molecular formula is C31H24Cl2N6O5. The highest BCUT2D eigenvalue weighted by Crippen LogP contribution is 2.34. The summed E-state index contributed by atoms with van der Waals surface area (Å²) in [6, 6.07) is 20.4. The molecule has 11 nitrogen and oxygen atoms in total. The van der Waals surface area contributed by atoms with Crippen LogP contribution >= 0.6 is 23.2 Å². The Hall–Kier alpha value is -5.31. The third kappa shape index (κ3) is 5.94. The molecule has 0 atom stereocenters. The number of fused-ring (bicyclic) bond motifs is 1. The molecular weight excluding hydrogens is 607 g/mol. The second kappa shape index (κ2) is 12.5. The molecule has 0 aliphatic rings. The quantitative estimate of drug-likeness (QED) is 0.185. The topological polar surface area (TPSA) is 133 Å². The number of halogens is 2. The average molecular weight is 631 g/mol. The first-order chi connectivity index (χ1) is 21.1. The molecule has 44 heavy (non-hydrogen) atoms. The molecule has 0 radical (unpaired) electrons. The lowest BCUT2D eigenvalue weighted by molar-refractivity contribution is -0.112. The van der Waals surface area contributed by atoms with Gasteiger partial charge in [-0.3, -0.25) is 23.3 Å². The van der Waals surface area contributed by atoms with E-state index in [0.29, 0.717) is 26.9 Å². The van der Waals surface area contributed by atoms with E-state index >= 15 is 0 Å². The minimum Gasteiger partial charge on any atom is -0.493 e. The number of methoxy groups -OCH3 is 1. The van der Waals surface area contributed by atoms with Crippen LogP contribution in [0.2, 0.25) is 10.0 Å². The summed E-state index contributed by atoms with van der Waals surface area (Å²) in [7, 11) is 4.31. The molecule has 3 aromatic carbocycles. The highest BCUT2D eigenvalue weighted by Gasteiger charge is 2.23. The van der Waals surface area contributed by atoms with Gasteiger partial charge in [0.05, 0.1) is 13.7 Å². The summed E-state index contributed by atoms with van der Waals surface area (Å²) in [5.74, 6) is -0.0957. The predicted octanol–water partition coefficient (Wildman–Crippen LogP) is 5.14. The smallest absolute Gasteiger partial charge is 0.332 e. The molecule has 1 N–H and O–H groups in total. The van der Waals surface area contributed by atoms with Crippen LogP contribution in [0.15, 0.2) is 81.9 Å². The molecule has 0 saturated heterocycles. The van der Waals surface area contributed by atoms with E-state index in [1.807, 2.05) is 12.1 Å². The highest BCUT2D eigenvalue weighted by molar-refractivity contribution is 6.35.